The fourth-order valence-corrected chi connectivity index (χ4v) is 3.27. The van der Waals surface area contributed by atoms with Crippen molar-refractivity contribution in [3.8, 4) is 17.2 Å². The molecule has 0 aliphatic heterocycles. The summed E-state index contributed by atoms with van der Waals surface area (Å²) < 4.78 is 15.9. The monoisotopic (exact) mass is 422 g/mol. The highest BCUT2D eigenvalue weighted by Crippen LogP contribution is 2.20. The molecule has 0 bridgehead atoms. The van der Waals surface area contributed by atoms with E-state index in [0.29, 0.717) is 18.2 Å². The molecule has 0 spiro atoms. The number of rotatable bonds is 8. The minimum atomic E-state index is 0.638. The van der Waals surface area contributed by atoms with E-state index in [0.717, 1.165) is 34.1 Å². The summed E-state index contributed by atoms with van der Waals surface area (Å²) in [6.07, 6.45) is 0. The van der Waals surface area contributed by atoms with Crippen molar-refractivity contribution in [2.24, 2.45) is 0 Å². The van der Waals surface area contributed by atoms with E-state index >= 15 is 0 Å². The molecule has 0 aliphatic carbocycles. The standard InChI is InChI=1S/C24H26N2O3S/c1-27-21-11-7-18(8-12-21)16-26(17-19-5-4-6-23(15-19)29-3)24(30)25-20-9-13-22(28-2)14-10-20/h4-15H,16-17H2,1-3H3,(H,25,30). The largest absolute Gasteiger partial charge is 0.497 e. The highest BCUT2D eigenvalue weighted by Gasteiger charge is 2.13. The summed E-state index contributed by atoms with van der Waals surface area (Å²) in [5.74, 6) is 2.46. The molecule has 5 nitrogen and oxygen atoms in total. The lowest BCUT2D eigenvalue weighted by atomic mass is 10.1. The van der Waals surface area contributed by atoms with E-state index in [1.807, 2.05) is 66.7 Å². The second kappa shape index (κ2) is 10.5. The van der Waals surface area contributed by atoms with E-state index in [4.69, 9.17) is 26.4 Å². The van der Waals surface area contributed by atoms with Gasteiger partial charge in [0.2, 0.25) is 0 Å². The highest BCUT2D eigenvalue weighted by molar-refractivity contribution is 7.80. The molecule has 0 aromatic heterocycles. The van der Waals surface area contributed by atoms with Crippen LogP contribution in [0.2, 0.25) is 0 Å². The van der Waals surface area contributed by atoms with Crippen LogP contribution in [0.5, 0.6) is 17.2 Å². The van der Waals surface area contributed by atoms with Crippen LogP contribution in [-0.2, 0) is 13.1 Å². The van der Waals surface area contributed by atoms with Gasteiger partial charge in [-0.05, 0) is 71.9 Å². The number of ether oxygens (including phenoxy) is 3. The van der Waals surface area contributed by atoms with Gasteiger partial charge in [-0.3, -0.25) is 0 Å². The molecule has 0 heterocycles. The van der Waals surface area contributed by atoms with Crippen molar-refractivity contribution in [1.82, 2.24) is 4.90 Å². The van der Waals surface area contributed by atoms with Crippen LogP contribution >= 0.6 is 12.2 Å². The lowest BCUT2D eigenvalue weighted by Gasteiger charge is -2.26. The molecule has 0 fully saturated rings. The third-order valence-electron chi connectivity index (χ3n) is 4.67. The van der Waals surface area contributed by atoms with Gasteiger partial charge in [-0.15, -0.1) is 0 Å². The van der Waals surface area contributed by atoms with E-state index in [1.54, 1.807) is 21.3 Å². The molecule has 156 valence electrons. The first-order valence-corrected chi connectivity index (χ1v) is 9.98. The number of nitrogens with zero attached hydrogens (tertiary/aromatic N) is 1. The highest BCUT2D eigenvalue weighted by atomic mass is 32.1. The van der Waals surface area contributed by atoms with Crippen LogP contribution in [0.15, 0.2) is 72.8 Å². The zero-order valence-corrected chi connectivity index (χ0v) is 18.2. The Bertz CT molecular complexity index is 959. The average Bonchev–Trinajstić information content (AvgIpc) is 2.79. The number of hydrogen-bond donors (Lipinski definition) is 1. The minimum Gasteiger partial charge on any atom is -0.497 e. The Labute approximate surface area is 183 Å². The van der Waals surface area contributed by atoms with Gasteiger partial charge < -0.3 is 24.4 Å². The van der Waals surface area contributed by atoms with Crippen LogP contribution in [0.4, 0.5) is 5.69 Å². The Morgan fingerprint density at radius 1 is 0.733 bits per heavy atom. The molecule has 0 radical (unpaired) electrons. The van der Waals surface area contributed by atoms with E-state index in [9.17, 15) is 0 Å². The van der Waals surface area contributed by atoms with Crippen molar-refractivity contribution in [2.45, 2.75) is 13.1 Å². The number of hydrogen-bond acceptors (Lipinski definition) is 4. The van der Waals surface area contributed by atoms with E-state index in [-0.39, 0.29) is 0 Å². The van der Waals surface area contributed by atoms with Gasteiger partial charge in [0.15, 0.2) is 5.11 Å². The molecule has 1 N–H and O–H groups in total. The van der Waals surface area contributed by atoms with Crippen molar-refractivity contribution in [3.05, 3.63) is 83.9 Å². The topological polar surface area (TPSA) is 43.0 Å². The molecule has 0 amide bonds. The predicted octanol–water partition coefficient (Wildman–Crippen LogP) is 5.11. The quantitative estimate of drug-likeness (QED) is 0.509. The molecule has 3 aromatic carbocycles. The Kier molecular flexibility index (Phi) is 7.51. The van der Waals surface area contributed by atoms with Crippen LogP contribution in [0.3, 0.4) is 0 Å². The average molecular weight is 423 g/mol. The van der Waals surface area contributed by atoms with Gasteiger partial charge in [0, 0.05) is 18.8 Å². The SMILES string of the molecule is COc1ccc(CN(Cc2cccc(OC)c2)C(=S)Nc2ccc(OC)cc2)cc1. The molecule has 3 aromatic rings. The fraction of sp³-hybridized carbons (Fsp3) is 0.208. The number of methoxy groups -OCH3 is 3. The van der Waals surface area contributed by atoms with Crippen molar-refractivity contribution < 1.29 is 14.2 Å². The van der Waals surface area contributed by atoms with Gasteiger partial charge in [0.1, 0.15) is 17.2 Å². The first-order valence-electron chi connectivity index (χ1n) is 9.57. The second-order valence-corrected chi connectivity index (χ2v) is 7.10. The van der Waals surface area contributed by atoms with Gasteiger partial charge in [-0.2, -0.15) is 0 Å². The van der Waals surface area contributed by atoms with Crippen molar-refractivity contribution in [3.63, 3.8) is 0 Å². The predicted molar refractivity (Wildman–Crippen MR) is 124 cm³/mol. The van der Waals surface area contributed by atoms with Gasteiger partial charge in [-0.1, -0.05) is 24.3 Å². The molecule has 6 heteroatoms. The van der Waals surface area contributed by atoms with Gasteiger partial charge in [0.05, 0.1) is 21.3 Å². The molecule has 30 heavy (non-hydrogen) atoms. The molecular formula is C24H26N2O3S. The number of anilines is 1. The maximum absolute atomic E-state index is 5.75. The molecule has 0 unspecified atom stereocenters. The number of nitrogens with one attached hydrogen (secondary N) is 1. The number of benzene rings is 3. The Morgan fingerprint density at radius 3 is 1.90 bits per heavy atom. The normalized spacial score (nSPS) is 10.2. The lowest BCUT2D eigenvalue weighted by molar-refractivity contribution is 0.400. The zero-order chi connectivity index (χ0) is 21.3. The Balaban J connectivity index is 1.79. The van der Waals surface area contributed by atoms with E-state index < -0.39 is 0 Å². The van der Waals surface area contributed by atoms with Crippen LogP contribution in [0.25, 0.3) is 0 Å². The van der Waals surface area contributed by atoms with Crippen molar-refractivity contribution >= 4 is 23.0 Å². The second-order valence-electron chi connectivity index (χ2n) is 6.71. The summed E-state index contributed by atoms with van der Waals surface area (Å²) in [5.41, 5.74) is 3.16. The molecule has 0 aliphatic rings. The van der Waals surface area contributed by atoms with E-state index in [2.05, 4.69) is 16.3 Å². The number of thiocarbonyl (C=S) groups is 1. The van der Waals surface area contributed by atoms with Crippen molar-refractivity contribution in [1.29, 1.82) is 0 Å². The smallest absolute Gasteiger partial charge is 0.174 e. The molecule has 0 atom stereocenters. The third kappa shape index (κ3) is 5.87. The van der Waals surface area contributed by atoms with Crippen LogP contribution in [0.1, 0.15) is 11.1 Å². The summed E-state index contributed by atoms with van der Waals surface area (Å²) in [6.45, 7) is 1.30. The molecule has 0 saturated heterocycles. The van der Waals surface area contributed by atoms with E-state index in [1.165, 1.54) is 0 Å². The maximum Gasteiger partial charge on any atom is 0.174 e. The molecule has 3 rings (SSSR count). The minimum absolute atomic E-state index is 0.638. The fourth-order valence-electron chi connectivity index (χ4n) is 3.02. The van der Waals surface area contributed by atoms with Crippen LogP contribution in [0, 0.1) is 0 Å². The Morgan fingerprint density at radius 2 is 1.30 bits per heavy atom. The van der Waals surface area contributed by atoms with Gasteiger partial charge in [0.25, 0.3) is 0 Å². The van der Waals surface area contributed by atoms with Crippen LogP contribution < -0.4 is 19.5 Å². The van der Waals surface area contributed by atoms with Gasteiger partial charge >= 0.3 is 0 Å². The van der Waals surface area contributed by atoms with Crippen molar-refractivity contribution in [2.75, 3.05) is 26.6 Å². The Hall–Kier alpha value is -3.25. The lowest BCUT2D eigenvalue weighted by Crippen LogP contribution is -2.33. The summed E-state index contributed by atoms with van der Waals surface area (Å²) in [7, 11) is 4.99. The molecular weight excluding hydrogens is 396 g/mol. The maximum atomic E-state index is 5.75. The summed E-state index contributed by atoms with van der Waals surface area (Å²) in [5, 5.41) is 3.97. The first-order chi connectivity index (χ1) is 14.6. The van der Waals surface area contributed by atoms with Gasteiger partial charge in [-0.25, -0.2) is 0 Å². The van der Waals surface area contributed by atoms with Crippen LogP contribution in [-0.4, -0.2) is 31.3 Å². The summed E-state index contributed by atoms with van der Waals surface area (Å²) >= 11 is 5.75. The summed E-state index contributed by atoms with van der Waals surface area (Å²) in [6, 6.07) is 23.7. The third-order valence-corrected chi connectivity index (χ3v) is 5.03. The zero-order valence-electron chi connectivity index (χ0n) is 17.4. The molecule has 0 saturated carbocycles. The first kappa shape index (κ1) is 21.5. The summed E-state index contributed by atoms with van der Waals surface area (Å²) in [4.78, 5) is 2.12.